The van der Waals surface area contributed by atoms with E-state index in [1.807, 2.05) is 18.2 Å². The van der Waals surface area contributed by atoms with Gasteiger partial charge in [-0.3, -0.25) is 14.7 Å². The molecule has 0 aromatic carbocycles. The molecule has 1 atom stereocenters. The SMILES string of the molecule is C/C(=C\c1ccco1)CN1CCc2nnc(C(NC(=O)c3ccccn3)C(C)C)n2CC1. The number of carbonyl (C=O) groups excluding carboxylic acids is 1. The van der Waals surface area contributed by atoms with Gasteiger partial charge in [-0.1, -0.05) is 25.5 Å². The maximum absolute atomic E-state index is 12.7. The zero-order valence-corrected chi connectivity index (χ0v) is 18.9. The maximum Gasteiger partial charge on any atom is 0.270 e. The van der Waals surface area contributed by atoms with Gasteiger partial charge in [-0.25, -0.2) is 0 Å². The lowest BCUT2D eigenvalue weighted by Crippen LogP contribution is -2.35. The molecule has 8 nitrogen and oxygen atoms in total. The van der Waals surface area contributed by atoms with Gasteiger partial charge in [-0.15, -0.1) is 10.2 Å². The van der Waals surface area contributed by atoms with Crippen LogP contribution in [0.2, 0.25) is 0 Å². The lowest BCUT2D eigenvalue weighted by atomic mass is 10.0. The average molecular weight is 435 g/mol. The second kappa shape index (κ2) is 9.91. The van der Waals surface area contributed by atoms with Crippen LogP contribution in [0.5, 0.6) is 0 Å². The van der Waals surface area contributed by atoms with Gasteiger partial charge in [0.15, 0.2) is 5.82 Å². The van der Waals surface area contributed by atoms with E-state index in [1.165, 1.54) is 5.57 Å². The van der Waals surface area contributed by atoms with Crippen LogP contribution in [0.25, 0.3) is 6.08 Å². The van der Waals surface area contributed by atoms with Gasteiger partial charge in [-0.2, -0.15) is 0 Å². The van der Waals surface area contributed by atoms with E-state index >= 15 is 0 Å². The van der Waals surface area contributed by atoms with Crippen LogP contribution >= 0.6 is 0 Å². The third kappa shape index (κ3) is 5.13. The third-order valence-corrected chi connectivity index (χ3v) is 5.68. The molecule has 1 amide bonds. The molecule has 0 saturated carbocycles. The van der Waals surface area contributed by atoms with Crippen LogP contribution in [-0.4, -0.2) is 50.2 Å². The van der Waals surface area contributed by atoms with Crippen LogP contribution in [0.4, 0.5) is 0 Å². The van der Waals surface area contributed by atoms with Gasteiger partial charge in [0, 0.05) is 38.8 Å². The van der Waals surface area contributed by atoms with Crippen molar-refractivity contribution in [1.29, 1.82) is 0 Å². The highest BCUT2D eigenvalue weighted by Crippen LogP contribution is 2.23. The summed E-state index contributed by atoms with van der Waals surface area (Å²) in [7, 11) is 0. The molecule has 0 spiro atoms. The molecule has 0 radical (unpaired) electrons. The Balaban J connectivity index is 1.46. The Kier molecular flexibility index (Phi) is 6.80. The van der Waals surface area contributed by atoms with Crippen LogP contribution in [0.15, 0.2) is 52.8 Å². The fraction of sp³-hybridized carbons (Fsp3) is 0.417. The van der Waals surface area contributed by atoms with Gasteiger partial charge in [0.25, 0.3) is 5.91 Å². The lowest BCUT2D eigenvalue weighted by molar-refractivity contribution is 0.0916. The molecule has 3 aromatic heterocycles. The van der Waals surface area contributed by atoms with Crippen molar-refractivity contribution in [3.8, 4) is 0 Å². The van der Waals surface area contributed by atoms with E-state index in [2.05, 4.69) is 56.8 Å². The predicted molar refractivity (Wildman–Crippen MR) is 122 cm³/mol. The predicted octanol–water partition coefficient (Wildman–Crippen LogP) is 3.35. The van der Waals surface area contributed by atoms with Crippen LogP contribution in [0, 0.1) is 5.92 Å². The summed E-state index contributed by atoms with van der Waals surface area (Å²) in [6.45, 7) is 9.75. The van der Waals surface area contributed by atoms with Gasteiger partial charge < -0.3 is 14.3 Å². The van der Waals surface area contributed by atoms with Crippen LogP contribution in [0.3, 0.4) is 0 Å². The molecule has 1 aliphatic heterocycles. The molecule has 0 fully saturated rings. The second-order valence-electron chi connectivity index (χ2n) is 8.57. The molecule has 3 aromatic rings. The van der Waals surface area contributed by atoms with E-state index in [1.54, 1.807) is 24.6 Å². The summed E-state index contributed by atoms with van der Waals surface area (Å²) in [6.07, 6.45) is 6.22. The number of hydrogen-bond donors (Lipinski definition) is 1. The van der Waals surface area contributed by atoms with E-state index in [-0.39, 0.29) is 17.9 Å². The van der Waals surface area contributed by atoms with Gasteiger partial charge in [0.2, 0.25) is 0 Å². The summed E-state index contributed by atoms with van der Waals surface area (Å²) in [4.78, 5) is 19.3. The minimum absolute atomic E-state index is 0.161. The zero-order valence-electron chi connectivity index (χ0n) is 18.9. The minimum atomic E-state index is -0.238. The Morgan fingerprint density at radius 2 is 2.06 bits per heavy atom. The third-order valence-electron chi connectivity index (χ3n) is 5.68. The largest absolute Gasteiger partial charge is 0.465 e. The molecule has 1 unspecified atom stereocenters. The molecular weight excluding hydrogens is 404 g/mol. The molecule has 8 heteroatoms. The number of carbonyl (C=O) groups is 1. The molecule has 4 rings (SSSR count). The fourth-order valence-electron chi connectivity index (χ4n) is 4.03. The Morgan fingerprint density at radius 3 is 2.78 bits per heavy atom. The fourth-order valence-corrected chi connectivity index (χ4v) is 4.03. The van der Waals surface area contributed by atoms with Gasteiger partial charge in [0.1, 0.15) is 17.3 Å². The number of nitrogens with zero attached hydrogens (tertiary/aromatic N) is 5. The van der Waals surface area contributed by atoms with E-state index in [0.717, 1.165) is 50.0 Å². The summed E-state index contributed by atoms with van der Waals surface area (Å²) in [5.74, 6) is 2.61. The van der Waals surface area contributed by atoms with Crippen molar-refractivity contribution < 1.29 is 9.21 Å². The van der Waals surface area contributed by atoms with Gasteiger partial charge >= 0.3 is 0 Å². The monoisotopic (exact) mass is 434 g/mol. The number of furan rings is 1. The first kappa shape index (κ1) is 22.0. The molecule has 0 bridgehead atoms. The van der Waals surface area contributed by atoms with Crippen LogP contribution in [-0.2, 0) is 13.0 Å². The highest BCUT2D eigenvalue weighted by molar-refractivity contribution is 5.92. The second-order valence-corrected chi connectivity index (χ2v) is 8.57. The number of fused-ring (bicyclic) bond motifs is 1. The Hall–Kier alpha value is -3.26. The Morgan fingerprint density at radius 1 is 1.19 bits per heavy atom. The van der Waals surface area contributed by atoms with E-state index in [9.17, 15) is 4.79 Å². The Bertz CT molecular complexity index is 1060. The summed E-state index contributed by atoms with van der Waals surface area (Å²) in [5, 5.41) is 12.1. The topological polar surface area (TPSA) is 89.1 Å². The zero-order chi connectivity index (χ0) is 22.5. The first-order valence-electron chi connectivity index (χ1n) is 11.1. The molecule has 0 saturated heterocycles. The number of rotatable bonds is 7. The number of aromatic nitrogens is 4. The minimum Gasteiger partial charge on any atom is -0.465 e. The first-order valence-corrected chi connectivity index (χ1v) is 11.1. The average Bonchev–Trinajstić information content (AvgIpc) is 3.39. The summed E-state index contributed by atoms with van der Waals surface area (Å²) < 4.78 is 7.60. The normalized spacial score (nSPS) is 15.9. The van der Waals surface area contributed by atoms with Crippen molar-refractivity contribution in [3.63, 3.8) is 0 Å². The van der Waals surface area contributed by atoms with Crippen molar-refractivity contribution in [2.24, 2.45) is 5.92 Å². The molecule has 32 heavy (non-hydrogen) atoms. The first-order chi connectivity index (χ1) is 15.5. The molecule has 1 aliphatic rings. The Labute approximate surface area is 188 Å². The quantitative estimate of drug-likeness (QED) is 0.613. The molecule has 168 valence electrons. The van der Waals surface area contributed by atoms with Gasteiger partial charge in [0.05, 0.1) is 12.3 Å². The molecule has 0 aliphatic carbocycles. The molecular formula is C24H30N6O2. The number of hydrogen-bond acceptors (Lipinski definition) is 6. The summed E-state index contributed by atoms with van der Waals surface area (Å²) in [5.41, 5.74) is 1.65. The standard InChI is InChI=1S/C24H30N6O2/c1-17(2)22(26-24(31)20-8-4-5-10-25-20)23-28-27-21-9-11-29(12-13-30(21)23)16-18(3)15-19-7-6-14-32-19/h4-8,10,14-15,17,22H,9,11-13,16H2,1-3H3,(H,26,31)/b18-15+. The number of pyridine rings is 1. The van der Waals surface area contributed by atoms with Crippen molar-refractivity contribution in [1.82, 2.24) is 30.0 Å². The number of nitrogens with one attached hydrogen (secondary N) is 1. The highest BCUT2D eigenvalue weighted by atomic mass is 16.3. The summed E-state index contributed by atoms with van der Waals surface area (Å²) >= 11 is 0. The van der Waals surface area contributed by atoms with E-state index in [4.69, 9.17) is 4.42 Å². The number of amides is 1. The van der Waals surface area contributed by atoms with Crippen LogP contribution < -0.4 is 5.32 Å². The van der Waals surface area contributed by atoms with Crippen molar-refractivity contribution >= 4 is 12.0 Å². The van der Waals surface area contributed by atoms with E-state index < -0.39 is 0 Å². The highest BCUT2D eigenvalue weighted by Gasteiger charge is 2.28. The molecule has 4 heterocycles. The smallest absolute Gasteiger partial charge is 0.270 e. The van der Waals surface area contributed by atoms with Crippen molar-refractivity contribution in [2.45, 2.75) is 39.8 Å². The maximum atomic E-state index is 12.7. The van der Waals surface area contributed by atoms with E-state index in [0.29, 0.717) is 5.69 Å². The lowest BCUT2D eigenvalue weighted by Gasteiger charge is -2.23. The van der Waals surface area contributed by atoms with Crippen molar-refractivity contribution in [2.75, 3.05) is 19.6 Å². The van der Waals surface area contributed by atoms with Gasteiger partial charge in [-0.05, 0) is 43.2 Å². The van der Waals surface area contributed by atoms with Crippen LogP contribution in [0.1, 0.15) is 54.7 Å². The molecule has 1 N–H and O–H groups in total. The summed E-state index contributed by atoms with van der Waals surface area (Å²) in [6, 6.07) is 8.95. The van der Waals surface area contributed by atoms with Crippen molar-refractivity contribution in [3.05, 3.63) is 71.5 Å².